The molecule has 0 saturated carbocycles. The van der Waals surface area contributed by atoms with Gasteiger partial charge in [0.2, 0.25) is 0 Å². The van der Waals surface area contributed by atoms with Crippen molar-refractivity contribution in [3.63, 3.8) is 0 Å². The number of hydrogen-bond acceptors (Lipinski definition) is 8. The number of furan rings is 1. The number of rotatable bonds is 8. The molecule has 0 bridgehead atoms. The summed E-state index contributed by atoms with van der Waals surface area (Å²) in [6.07, 6.45) is 1.63. The van der Waals surface area contributed by atoms with E-state index in [1.807, 2.05) is 45.0 Å². The Morgan fingerprint density at radius 1 is 1.09 bits per heavy atom. The summed E-state index contributed by atoms with van der Waals surface area (Å²) in [5.74, 6) is 2.65. The van der Waals surface area contributed by atoms with Crippen molar-refractivity contribution in [3.8, 4) is 11.5 Å². The average Bonchev–Trinajstić information content (AvgIpc) is 3.45. The fourth-order valence-corrected chi connectivity index (χ4v) is 3.75. The number of aromatic amines is 1. The van der Waals surface area contributed by atoms with Gasteiger partial charge >= 0.3 is 0 Å². The third-order valence-corrected chi connectivity index (χ3v) is 5.31. The number of hydrogen-bond donors (Lipinski definition) is 1. The van der Waals surface area contributed by atoms with Crippen LogP contribution in [0.3, 0.4) is 0 Å². The first kappa shape index (κ1) is 22.5. The number of tetrazole rings is 1. The van der Waals surface area contributed by atoms with Crippen LogP contribution in [0.15, 0.2) is 45.8 Å². The lowest BCUT2D eigenvalue weighted by Crippen LogP contribution is -2.31. The molecule has 1 aromatic carbocycles. The molecule has 174 valence electrons. The standard InChI is InChI=1S/C23H28N6O4/c1-23(2,3)29-21(25-26-27-29)14-28(13-17-7-6-8-33-17)12-16-9-15-10-19(31-4)20(32-5)11-18(15)24-22(16)30/h6-11H,12-14H2,1-5H3,(H,24,30). The first-order valence-corrected chi connectivity index (χ1v) is 10.6. The van der Waals surface area contributed by atoms with Crippen LogP contribution in [-0.2, 0) is 25.2 Å². The van der Waals surface area contributed by atoms with Crippen molar-refractivity contribution >= 4 is 10.9 Å². The lowest BCUT2D eigenvalue weighted by molar-refractivity contribution is 0.207. The minimum absolute atomic E-state index is 0.172. The van der Waals surface area contributed by atoms with Crippen LogP contribution in [0.4, 0.5) is 0 Å². The molecule has 4 aromatic rings. The predicted octanol–water partition coefficient (Wildman–Crippen LogP) is 3.08. The van der Waals surface area contributed by atoms with E-state index in [0.717, 1.165) is 11.1 Å². The molecule has 3 aromatic heterocycles. The van der Waals surface area contributed by atoms with E-state index >= 15 is 0 Å². The number of nitrogens with one attached hydrogen (secondary N) is 1. The molecule has 0 spiro atoms. The summed E-state index contributed by atoms with van der Waals surface area (Å²) in [6, 6.07) is 9.23. The van der Waals surface area contributed by atoms with Gasteiger partial charge < -0.3 is 18.9 Å². The van der Waals surface area contributed by atoms with E-state index in [9.17, 15) is 4.79 Å². The van der Waals surface area contributed by atoms with Gasteiger partial charge in [-0.3, -0.25) is 9.69 Å². The largest absolute Gasteiger partial charge is 0.493 e. The molecule has 3 heterocycles. The average molecular weight is 453 g/mol. The molecule has 10 heteroatoms. The van der Waals surface area contributed by atoms with E-state index in [1.165, 1.54) is 0 Å². The molecule has 4 rings (SSSR count). The van der Waals surface area contributed by atoms with E-state index in [-0.39, 0.29) is 11.1 Å². The van der Waals surface area contributed by atoms with Crippen LogP contribution in [0.5, 0.6) is 11.5 Å². The van der Waals surface area contributed by atoms with Crippen LogP contribution in [0.2, 0.25) is 0 Å². The third-order valence-electron chi connectivity index (χ3n) is 5.31. The molecule has 0 aliphatic heterocycles. The van der Waals surface area contributed by atoms with Gasteiger partial charge in [-0.05, 0) is 55.5 Å². The summed E-state index contributed by atoms with van der Waals surface area (Å²) < 4.78 is 18.1. The first-order valence-electron chi connectivity index (χ1n) is 10.6. The molecule has 33 heavy (non-hydrogen) atoms. The van der Waals surface area contributed by atoms with Gasteiger partial charge in [0.15, 0.2) is 17.3 Å². The van der Waals surface area contributed by atoms with Crippen molar-refractivity contribution in [2.75, 3.05) is 14.2 Å². The molecule has 0 atom stereocenters. The van der Waals surface area contributed by atoms with E-state index in [2.05, 4.69) is 25.4 Å². The van der Waals surface area contributed by atoms with Gasteiger partial charge in [0.05, 0.1) is 44.6 Å². The monoisotopic (exact) mass is 452 g/mol. The smallest absolute Gasteiger partial charge is 0.252 e. The van der Waals surface area contributed by atoms with Crippen molar-refractivity contribution in [1.82, 2.24) is 30.1 Å². The summed E-state index contributed by atoms with van der Waals surface area (Å²) in [6.45, 7) is 7.43. The number of ether oxygens (including phenoxy) is 2. The Bertz CT molecular complexity index is 1290. The minimum Gasteiger partial charge on any atom is -0.493 e. The summed E-state index contributed by atoms with van der Waals surface area (Å²) in [5.41, 5.74) is 0.840. The Morgan fingerprint density at radius 3 is 2.52 bits per heavy atom. The number of fused-ring (bicyclic) bond motifs is 1. The number of pyridine rings is 1. The summed E-state index contributed by atoms with van der Waals surface area (Å²) in [5, 5.41) is 13.1. The number of nitrogens with zero attached hydrogens (tertiary/aromatic N) is 5. The van der Waals surface area contributed by atoms with Crippen LogP contribution in [-0.4, -0.2) is 44.3 Å². The Hall–Kier alpha value is -3.66. The highest BCUT2D eigenvalue weighted by molar-refractivity contribution is 5.83. The van der Waals surface area contributed by atoms with Crippen molar-refractivity contribution in [1.29, 1.82) is 0 Å². The van der Waals surface area contributed by atoms with Gasteiger partial charge in [-0.25, -0.2) is 4.68 Å². The van der Waals surface area contributed by atoms with Crippen LogP contribution < -0.4 is 15.0 Å². The second kappa shape index (κ2) is 9.07. The second-order valence-corrected chi connectivity index (χ2v) is 8.82. The maximum Gasteiger partial charge on any atom is 0.252 e. The third kappa shape index (κ3) is 4.90. The van der Waals surface area contributed by atoms with Crippen molar-refractivity contribution in [2.24, 2.45) is 0 Å². The quantitative estimate of drug-likeness (QED) is 0.434. The molecule has 0 radical (unpaired) electrons. The first-order chi connectivity index (χ1) is 15.8. The topological polar surface area (TPSA) is 111 Å². The molecule has 0 unspecified atom stereocenters. The van der Waals surface area contributed by atoms with Gasteiger partial charge in [-0.15, -0.1) is 5.10 Å². The lowest BCUT2D eigenvalue weighted by atomic mass is 10.1. The molecule has 0 saturated heterocycles. The second-order valence-electron chi connectivity index (χ2n) is 8.82. The van der Waals surface area contributed by atoms with Gasteiger partial charge in [-0.2, -0.15) is 0 Å². The van der Waals surface area contributed by atoms with E-state index in [4.69, 9.17) is 13.9 Å². The van der Waals surface area contributed by atoms with Crippen LogP contribution >= 0.6 is 0 Å². The highest BCUT2D eigenvalue weighted by Crippen LogP contribution is 2.31. The van der Waals surface area contributed by atoms with Gasteiger partial charge in [0.25, 0.3) is 5.56 Å². The van der Waals surface area contributed by atoms with Crippen LogP contribution in [0.25, 0.3) is 10.9 Å². The maximum atomic E-state index is 12.9. The highest BCUT2D eigenvalue weighted by Gasteiger charge is 2.22. The zero-order valence-corrected chi connectivity index (χ0v) is 19.5. The summed E-state index contributed by atoms with van der Waals surface area (Å²) in [4.78, 5) is 18.0. The molecular weight excluding hydrogens is 424 g/mol. The van der Waals surface area contributed by atoms with E-state index in [0.29, 0.717) is 48.0 Å². The number of aromatic nitrogens is 5. The lowest BCUT2D eigenvalue weighted by Gasteiger charge is -2.24. The molecule has 0 amide bonds. The van der Waals surface area contributed by atoms with E-state index < -0.39 is 0 Å². The molecule has 0 fully saturated rings. The SMILES string of the molecule is COc1cc2cc(CN(Cc3ccco3)Cc3nnnn3C(C)(C)C)c(=O)[nH]c2cc1OC. The molecule has 0 aliphatic carbocycles. The Labute approximate surface area is 191 Å². The molecule has 0 aliphatic rings. The van der Waals surface area contributed by atoms with Crippen molar-refractivity contribution < 1.29 is 13.9 Å². The minimum atomic E-state index is -0.273. The number of H-pyrrole nitrogens is 1. The molecule has 1 N–H and O–H groups in total. The van der Waals surface area contributed by atoms with Gasteiger partial charge in [-0.1, -0.05) is 0 Å². The fourth-order valence-electron chi connectivity index (χ4n) is 3.75. The summed E-state index contributed by atoms with van der Waals surface area (Å²) >= 11 is 0. The number of methoxy groups -OCH3 is 2. The summed E-state index contributed by atoms with van der Waals surface area (Å²) in [7, 11) is 3.15. The zero-order chi connectivity index (χ0) is 23.6. The van der Waals surface area contributed by atoms with Gasteiger partial charge in [0.1, 0.15) is 5.76 Å². The van der Waals surface area contributed by atoms with E-state index in [1.54, 1.807) is 31.2 Å². The van der Waals surface area contributed by atoms with Gasteiger partial charge in [0, 0.05) is 23.6 Å². The Kier molecular flexibility index (Phi) is 6.19. The number of benzene rings is 1. The zero-order valence-electron chi connectivity index (χ0n) is 19.5. The normalized spacial score (nSPS) is 11.9. The maximum absolute atomic E-state index is 12.9. The fraction of sp³-hybridized carbons (Fsp3) is 0.391. The Morgan fingerprint density at radius 2 is 1.85 bits per heavy atom. The van der Waals surface area contributed by atoms with Crippen molar-refractivity contribution in [3.05, 3.63) is 64.1 Å². The van der Waals surface area contributed by atoms with Crippen LogP contribution in [0, 0.1) is 0 Å². The molecular formula is C23H28N6O4. The Balaban J connectivity index is 1.69. The molecule has 10 nitrogen and oxygen atoms in total. The highest BCUT2D eigenvalue weighted by atomic mass is 16.5. The van der Waals surface area contributed by atoms with Crippen LogP contribution in [0.1, 0.15) is 37.9 Å². The predicted molar refractivity (Wildman–Crippen MR) is 122 cm³/mol. The van der Waals surface area contributed by atoms with Crippen molar-refractivity contribution in [2.45, 2.75) is 45.9 Å².